The van der Waals surface area contributed by atoms with E-state index in [-0.39, 0.29) is 29.8 Å². The van der Waals surface area contributed by atoms with Crippen LogP contribution >= 0.6 is 0 Å². The standard InChI is InChI=1S/C20H30O3/c1-13(2)7-5-9-15(4)18-17-11-14(3)8-6-10-16(12-21)19(18)20(22)23-17/h7-8,12,15-19H,5-6,9-11H2,1-4H3/b14-8+/t15-,16+,17+,18+,19-/m0/s1. The third-order valence-electron chi connectivity index (χ3n) is 5.37. The fraction of sp³-hybridized carbons (Fsp3) is 0.700. The zero-order chi connectivity index (χ0) is 17.0. The molecule has 23 heavy (non-hydrogen) atoms. The molecule has 2 bridgehead atoms. The van der Waals surface area contributed by atoms with E-state index in [9.17, 15) is 9.59 Å². The molecule has 0 spiro atoms. The van der Waals surface area contributed by atoms with Crippen LogP contribution in [0.25, 0.3) is 0 Å². The van der Waals surface area contributed by atoms with E-state index in [1.54, 1.807) is 0 Å². The Bertz CT molecular complexity index is 499. The van der Waals surface area contributed by atoms with E-state index in [4.69, 9.17) is 4.74 Å². The number of ether oxygens (including phenoxy) is 1. The Balaban J connectivity index is 2.22. The van der Waals surface area contributed by atoms with Crippen molar-refractivity contribution in [3.63, 3.8) is 0 Å². The first-order valence-electron chi connectivity index (χ1n) is 8.88. The number of allylic oxidation sites excluding steroid dienone is 3. The van der Waals surface area contributed by atoms with Crippen LogP contribution < -0.4 is 0 Å². The average Bonchev–Trinajstić information content (AvgIpc) is 2.81. The number of esters is 1. The lowest BCUT2D eigenvalue weighted by atomic mass is 9.72. The number of hydrogen-bond acceptors (Lipinski definition) is 3. The molecule has 0 amide bonds. The summed E-state index contributed by atoms with van der Waals surface area (Å²) in [7, 11) is 0. The maximum absolute atomic E-state index is 12.4. The van der Waals surface area contributed by atoms with Crippen LogP contribution in [-0.2, 0) is 14.3 Å². The van der Waals surface area contributed by atoms with E-state index in [0.717, 1.165) is 38.4 Å². The Labute approximate surface area is 140 Å². The quantitative estimate of drug-likeness (QED) is 0.427. The minimum atomic E-state index is -0.251. The second kappa shape index (κ2) is 7.94. The minimum Gasteiger partial charge on any atom is -0.461 e. The molecule has 0 aromatic heterocycles. The molecule has 1 aliphatic carbocycles. The van der Waals surface area contributed by atoms with Gasteiger partial charge in [-0.25, -0.2) is 0 Å². The maximum atomic E-state index is 12.4. The van der Waals surface area contributed by atoms with Crippen LogP contribution in [0.1, 0.15) is 59.8 Å². The van der Waals surface area contributed by atoms with Gasteiger partial charge in [-0.15, -0.1) is 0 Å². The van der Waals surface area contributed by atoms with Crippen LogP contribution in [0, 0.1) is 23.7 Å². The van der Waals surface area contributed by atoms with Crippen LogP contribution in [0.5, 0.6) is 0 Å². The second-order valence-electron chi connectivity index (χ2n) is 7.55. The summed E-state index contributed by atoms with van der Waals surface area (Å²) in [5.41, 5.74) is 2.60. The molecule has 0 unspecified atom stereocenters. The van der Waals surface area contributed by atoms with E-state index < -0.39 is 0 Å². The van der Waals surface area contributed by atoms with Gasteiger partial charge in [0.15, 0.2) is 0 Å². The van der Waals surface area contributed by atoms with Gasteiger partial charge in [-0.1, -0.05) is 30.2 Å². The maximum Gasteiger partial charge on any atom is 0.310 e. The third kappa shape index (κ3) is 4.33. The molecule has 128 valence electrons. The lowest BCUT2D eigenvalue weighted by Gasteiger charge is -2.28. The van der Waals surface area contributed by atoms with Gasteiger partial charge in [-0.05, 0) is 52.4 Å². The van der Waals surface area contributed by atoms with Gasteiger partial charge >= 0.3 is 5.97 Å². The van der Waals surface area contributed by atoms with Crippen molar-refractivity contribution < 1.29 is 14.3 Å². The van der Waals surface area contributed by atoms with Gasteiger partial charge in [0.05, 0.1) is 5.92 Å². The van der Waals surface area contributed by atoms with Gasteiger partial charge in [0.25, 0.3) is 0 Å². The monoisotopic (exact) mass is 318 g/mol. The Morgan fingerprint density at radius 2 is 2.17 bits per heavy atom. The average molecular weight is 318 g/mol. The number of carbonyl (C=O) groups is 2. The smallest absolute Gasteiger partial charge is 0.310 e. The highest BCUT2D eigenvalue weighted by atomic mass is 16.6. The van der Waals surface area contributed by atoms with Crippen molar-refractivity contribution in [3.05, 3.63) is 23.3 Å². The first-order valence-corrected chi connectivity index (χ1v) is 8.88. The molecule has 0 aromatic rings. The van der Waals surface area contributed by atoms with Gasteiger partial charge in [0, 0.05) is 18.3 Å². The lowest BCUT2D eigenvalue weighted by Crippen LogP contribution is -2.33. The molecule has 2 rings (SSSR count). The number of fused-ring (bicyclic) bond motifs is 2. The molecule has 2 aliphatic rings. The number of rotatable bonds is 5. The summed E-state index contributed by atoms with van der Waals surface area (Å²) in [6, 6.07) is 0. The lowest BCUT2D eigenvalue weighted by molar-refractivity contribution is -0.146. The summed E-state index contributed by atoms with van der Waals surface area (Å²) >= 11 is 0. The molecule has 0 saturated carbocycles. The van der Waals surface area contributed by atoms with E-state index in [1.165, 1.54) is 11.1 Å². The first-order chi connectivity index (χ1) is 10.9. The van der Waals surface area contributed by atoms with E-state index in [0.29, 0.717) is 5.92 Å². The molecular formula is C20H30O3. The zero-order valence-corrected chi connectivity index (χ0v) is 14.9. The van der Waals surface area contributed by atoms with E-state index >= 15 is 0 Å². The van der Waals surface area contributed by atoms with Crippen LogP contribution in [0.3, 0.4) is 0 Å². The summed E-state index contributed by atoms with van der Waals surface area (Å²) in [5.74, 6) is -0.0740. The second-order valence-corrected chi connectivity index (χ2v) is 7.55. The van der Waals surface area contributed by atoms with Crippen molar-refractivity contribution in [1.82, 2.24) is 0 Å². The van der Waals surface area contributed by atoms with Crippen molar-refractivity contribution in [2.75, 3.05) is 0 Å². The zero-order valence-electron chi connectivity index (χ0n) is 14.9. The Kier molecular flexibility index (Phi) is 6.20. The third-order valence-corrected chi connectivity index (χ3v) is 5.37. The summed E-state index contributed by atoms with van der Waals surface area (Å²) < 4.78 is 5.71. The highest BCUT2D eigenvalue weighted by Crippen LogP contribution is 2.44. The fourth-order valence-corrected chi connectivity index (χ4v) is 4.14. The Morgan fingerprint density at radius 1 is 1.43 bits per heavy atom. The first kappa shape index (κ1) is 18.0. The molecule has 0 radical (unpaired) electrons. The molecular weight excluding hydrogens is 288 g/mol. The highest BCUT2D eigenvalue weighted by molar-refractivity contribution is 5.79. The summed E-state index contributed by atoms with van der Waals surface area (Å²) in [6.07, 6.45) is 9.88. The van der Waals surface area contributed by atoms with Gasteiger partial charge in [0.2, 0.25) is 0 Å². The summed E-state index contributed by atoms with van der Waals surface area (Å²) in [5, 5.41) is 0. The van der Waals surface area contributed by atoms with Crippen molar-refractivity contribution in [2.24, 2.45) is 23.7 Å². The van der Waals surface area contributed by atoms with Crippen LogP contribution in [-0.4, -0.2) is 18.4 Å². The van der Waals surface area contributed by atoms with Crippen molar-refractivity contribution in [3.8, 4) is 0 Å². The predicted molar refractivity (Wildman–Crippen MR) is 91.9 cm³/mol. The number of aldehydes is 1. The largest absolute Gasteiger partial charge is 0.461 e. The van der Waals surface area contributed by atoms with Gasteiger partial charge in [-0.3, -0.25) is 4.79 Å². The molecule has 1 saturated heterocycles. The molecule has 1 fully saturated rings. The molecule has 1 aliphatic heterocycles. The van der Waals surface area contributed by atoms with Crippen molar-refractivity contribution in [2.45, 2.75) is 65.9 Å². The molecule has 5 atom stereocenters. The highest BCUT2D eigenvalue weighted by Gasteiger charge is 2.50. The molecule has 3 nitrogen and oxygen atoms in total. The topological polar surface area (TPSA) is 43.4 Å². The van der Waals surface area contributed by atoms with Crippen molar-refractivity contribution in [1.29, 1.82) is 0 Å². The van der Waals surface area contributed by atoms with Gasteiger partial charge < -0.3 is 9.53 Å². The molecule has 0 N–H and O–H groups in total. The van der Waals surface area contributed by atoms with Crippen LogP contribution in [0.15, 0.2) is 23.3 Å². The van der Waals surface area contributed by atoms with Gasteiger partial charge in [0.1, 0.15) is 12.4 Å². The normalized spacial score (nSPS) is 34.3. The van der Waals surface area contributed by atoms with Gasteiger partial charge in [-0.2, -0.15) is 0 Å². The molecule has 3 heteroatoms. The fourth-order valence-electron chi connectivity index (χ4n) is 4.14. The molecule has 0 aromatic carbocycles. The summed E-state index contributed by atoms with van der Waals surface area (Å²) in [6.45, 7) is 8.53. The number of carbonyl (C=O) groups excluding carboxylic acids is 2. The Hall–Kier alpha value is -1.38. The Morgan fingerprint density at radius 3 is 2.83 bits per heavy atom. The minimum absolute atomic E-state index is 0.0639. The van der Waals surface area contributed by atoms with Crippen LogP contribution in [0.2, 0.25) is 0 Å². The number of hydrogen-bond donors (Lipinski definition) is 0. The van der Waals surface area contributed by atoms with Crippen molar-refractivity contribution >= 4 is 12.3 Å². The SMILES string of the molecule is CC(C)=CCC[C@H](C)[C@H]1[C@H]2C(=O)O[C@@H]1C/C(C)=C/CC[C@@H]2C=O. The van der Waals surface area contributed by atoms with E-state index in [1.807, 2.05) is 0 Å². The van der Waals surface area contributed by atoms with Crippen LogP contribution in [0.4, 0.5) is 0 Å². The summed E-state index contributed by atoms with van der Waals surface area (Å²) in [4.78, 5) is 24.0. The molecule has 1 heterocycles. The predicted octanol–water partition coefficient (Wildman–Crippen LogP) is 4.47. The van der Waals surface area contributed by atoms with E-state index in [2.05, 4.69) is 39.8 Å².